The van der Waals surface area contributed by atoms with E-state index in [2.05, 4.69) is 9.84 Å². The quantitative estimate of drug-likeness (QED) is 0.257. The Morgan fingerprint density at radius 1 is 1.44 bits per heavy atom. The van der Waals surface area contributed by atoms with Crippen molar-refractivity contribution in [2.24, 2.45) is 0 Å². The van der Waals surface area contributed by atoms with Gasteiger partial charge >= 0.3 is 0 Å². The lowest BCUT2D eigenvalue weighted by Gasteiger charge is -2.47. The van der Waals surface area contributed by atoms with Crippen molar-refractivity contribution in [2.45, 2.75) is 49.6 Å². The Balaban J connectivity index is 3.02. The zero-order valence-electron chi connectivity index (χ0n) is 12.8. The van der Waals surface area contributed by atoms with E-state index in [1.165, 1.54) is 0 Å². The predicted octanol–water partition coefficient (Wildman–Crippen LogP) is -6.35. The Morgan fingerprint density at radius 3 is 2.44 bits per heavy atom. The smallest absolute Gasteiger partial charge is 0.217 e. The highest BCUT2D eigenvalue weighted by molar-refractivity contribution is 7.43. The van der Waals surface area contributed by atoms with Crippen molar-refractivity contribution in [3.63, 3.8) is 0 Å². The van der Waals surface area contributed by atoms with Crippen LogP contribution in [0.15, 0.2) is 0 Å². The highest BCUT2D eigenvalue weighted by atomic mass is 31.2. The topological polar surface area (TPSA) is 232 Å². The molecule has 14 heteroatoms. The van der Waals surface area contributed by atoms with Gasteiger partial charge in [-0.15, -0.1) is 0 Å². The fourth-order valence-electron chi connectivity index (χ4n) is 2.29. The van der Waals surface area contributed by atoms with E-state index in [1.54, 1.807) is 0 Å². The van der Waals surface area contributed by atoms with Crippen LogP contribution in [0.2, 0.25) is 0 Å². The Labute approximate surface area is 141 Å². The first-order chi connectivity index (χ1) is 11.3. The third-order valence-electron chi connectivity index (χ3n) is 3.41. The van der Waals surface area contributed by atoms with Gasteiger partial charge in [0, 0.05) is 13.3 Å². The minimum atomic E-state index is -5.48. The molecule has 1 aliphatic heterocycles. The van der Waals surface area contributed by atoms with Crippen LogP contribution in [0.4, 0.5) is 0 Å². The number of carbonyl (C=O) groups excluding carboxylic acids is 2. The summed E-state index contributed by atoms with van der Waals surface area (Å²) in [6.45, 7) is -0.182. The van der Waals surface area contributed by atoms with Gasteiger partial charge in [0.15, 0.2) is 0 Å². The van der Waals surface area contributed by atoms with Crippen LogP contribution in [-0.2, 0) is 23.4 Å². The van der Waals surface area contributed by atoms with E-state index < -0.39 is 69.0 Å². The molecule has 0 aromatic carbocycles. The molecular formula is C11H17NO12P-3. The highest BCUT2D eigenvalue weighted by Gasteiger charge is 2.50. The van der Waals surface area contributed by atoms with Crippen molar-refractivity contribution in [3.8, 4) is 0 Å². The van der Waals surface area contributed by atoms with Gasteiger partial charge in [-0.3, -0.25) is 4.79 Å². The fourth-order valence-corrected chi connectivity index (χ4v) is 2.62. The maximum atomic E-state index is 11.2. The van der Waals surface area contributed by atoms with E-state index in [0.717, 1.165) is 6.92 Å². The van der Waals surface area contributed by atoms with Crippen molar-refractivity contribution < 1.29 is 58.7 Å². The van der Waals surface area contributed by atoms with Crippen LogP contribution in [0, 0.1) is 0 Å². The summed E-state index contributed by atoms with van der Waals surface area (Å²) in [5.74, 6) is -5.93. The number of aliphatic hydroxyl groups is 4. The summed E-state index contributed by atoms with van der Waals surface area (Å²) >= 11 is 0. The zero-order valence-corrected chi connectivity index (χ0v) is 13.7. The molecule has 1 aliphatic rings. The number of ether oxygens (including phenoxy) is 1. The van der Waals surface area contributed by atoms with Crippen LogP contribution < -0.4 is 20.2 Å². The van der Waals surface area contributed by atoms with Crippen LogP contribution in [0.1, 0.15) is 13.3 Å². The second-order valence-electron chi connectivity index (χ2n) is 5.45. The molecule has 1 heterocycles. The van der Waals surface area contributed by atoms with Crippen molar-refractivity contribution in [2.75, 3.05) is 6.61 Å². The van der Waals surface area contributed by atoms with Crippen molar-refractivity contribution in [3.05, 3.63) is 0 Å². The number of hydrogen-bond acceptors (Lipinski definition) is 12. The molecule has 25 heavy (non-hydrogen) atoms. The number of phosphoric acid groups is 1. The molecule has 0 unspecified atom stereocenters. The zero-order chi connectivity index (χ0) is 19.6. The minimum absolute atomic E-state index is 0.724. The summed E-state index contributed by atoms with van der Waals surface area (Å²) < 4.78 is 18.9. The highest BCUT2D eigenvalue weighted by Crippen LogP contribution is 2.31. The summed E-state index contributed by atoms with van der Waals surface area (Å²) in [7, 11) is -5.48. The summed E-state index contributed by atoms with van der Waals surface area (Å²) in [5.41, 5.74) is 0. The maximum Gasteiger partial charge on any atom is 0.217 e. The van der Waals surface area contributed by atoms with Gasteiger partial charge in [0.05, 0.1) is 26.6 Å². The number of aliphatic carboxylic acids is 1. The number of aliphatic hydroxyl groups excluding tert-OH is 3. The molecule has 1 rings (SSSR count). The minimum Gasteiger partial charge on any atom is -0.790 e. The summed E-state index contributed by atoms with van der Waals surface area (Å²) in [5, 5.41) is 52.6. The van der Waals surface area contributed by atoms with Gasteiger partial charge in [-0.25, -0.2) is 0 Å². The van der Waals surface area contributed by atoms with Gasteiger partial charge in [-0.1, -0.05) is 0 Å². The number of carbonyl (C=O) groups is 2. The molecule has 0 bridgehead atoms. The molecule has 0 saturated carbocycles. The van der Waals surface area contributed by atoms with Crippen molar-refractivity contribution >= 4 is 19.7 Å². The number of phosphoric ester groups is 1. The fraction of sp³-hybridized carbons (Fsp3) is 0.818. The first-order valence-corrected chi connectivity index (χ1v) is 8.32. The van der Waals surface area contributed by atoms with Crippen LogP contribution in [0.5, 0.6) is 0 Å². The van der Waals surface area contributed by atoms with Gasteiger partial charge < -0.3 is 59.3 Å². The lowest BCUT2D eigenvalue weighted by atomic mass is 9.88. The average molecular weight is 386 g/mol. The van der Waals surface area contributed by atoms with Crippen LogP contribution in [-0.4, -0.2) is 75.2 Å². The molecule has 1 amide bonds. The Hall–Kier alpha value is -1.15. The second-order valence-corrected chi connectivity index (χ2v) is 6.61. The van der Waals surface area contributed by atoms with Crippen LogP contribution >= 0.6 is 7.82 Å². The third-order valence-corrected chi connectivity index (χ3v) is 3.87. The van der Waals surface area contributed by atoms with Crippen molar-refractivity contribution in [1.29, 1.82) is 0 Å². The van der Waals surface area contributed by atoms with Gasteiger partial charge in [0.25, 0.3) is 0 Å². The molecule has 0 aromatic rings. The van der Waals surface area contributed by atoms with Crippen molar-refractivity contribution in [1.82, 2.24) is 5.32 Å². The number of amides is 1. The standard InChI is InChI=1S/C11H20NO12P/c1-4(13)12-7-5(14)2-11(19,10(17)18)24-9(7)8(16)6(15)3-23-25(20,21)22/h5-9,14-16,19H,2-3H2,1H3,(H,12,13)(H,17,18)(H2,20,21,22)/p-3/t5-,6+,7+,8+,9+,11-/m0/s1. The molecule has 146 valence electrons. The molecule has 0 radical (unpaired) electrons. The molecule has 1 fully saturated rings. The maximum absolute atomic E-state index is 11.2. The lowest BCUT2D eigenvalue weighted by molar-refractivity contribution is -0.374. The van der Waals surface area contributed by atoms with Gasteiger partial charge in [-0.2, -0.15) is 0 Å². The summed E-state index contributed by atoms with van der Waals surface area (Å²) in [4.78, 5) is 42.9. The number of rotatable bonds is 7. The number of carboxylic acid groups (broad SMARTS) is 1. The van der Waals surface area contributed by atoms with Gasteiger partial charge in [0.1, 0.15) is 24.3 Å². The Kier molecular flexibility index (Phi) is 7.03. The summed E-state index contributed by atoms with van der Waals surface area (Å²) in [6, 6.07) is -1.48. The SMILES string of the molecule is CC(=O)N[C@H]1[C@H]([C@H](O)[C@H](O)COP(=O)([O-])[O-])O[C@](O)(C(=O)[O-])C[C@@H]1O. The number of carboxylic acids is 1. The Morgan fingerprint density at radius 2 is 2.00 bits per heavy atom. The van der Waals surface area contributed by atoms with E-state index in [9.17, 15) is 49.5 Å². The number of hydrogen-bond donors (Lipinski definition) is 5. The normalized spacial score (nSPS) is 32.7. The molecule has 6 atom stereocenters. The molecular weight excluding hydrogens is 369 g/mol. The molecule has 5 N–H and O–H groups in total. The van der Waals surface area contributed by atoms with E-state index >= 15 is 0 Å². The number of nitrogens with one attached hydrogen (secondary N) is 1. The van der Waals surface area contributed by atoms with Gasteiger partial charge in [0.2, 0.25) is 11.7 Å². The summed E-state index contributed by atoms with van der Waals surface area (Å²) in [6.07, 6.45) is -8.84. The average Bonchev–Trinajstić information content (AvgIpc) is 2.45. The Bertz CT molecular complexity index is 551. The largest absolute Gasteiger partial charge is 0.790 e. The van der Waals surface area contributed by atoms with Crippen LogP contribution in [0.25, 0.3) is 0 Å². The third kappa shape index (κ3) is 5.95. The molecule has 0 spiro atoms. The first-order valence-electron chi connectivity index (χ1n) is 6.86. The second kappa shape index (κ2) is 8.03. The monoisotopic (exact) mass is 386 g/mol. The molecule has 13 nitrogen and oxygen atoms in total. The van der Waals surface area contributed by atoms with E-state index in [1.807, 2.05) is 0 Å². The van der Waals surface area contributed by atoms with Crippen LogP contribution in [0.3, 0.4) is 0 Å². The lowest BCUT2D eigenvalue weighted by Crippen LogP contribution is -2.68. The molecule has 0 aromatic heterocycles. The van der Waals surface area contributed by atoms with E-state index in [4.69, 9.17) is 4.74 Å². The van der Waals surface area contributed by atoms with E-state index in [0.29, 0.717) is 0 Å². The van der Waals surface area contributed by atoms with Gasteiger partial charge in [-0.05, 0) is 0 Å². The first kappa shape index (κ1) is 21.9. The molecule has 0 aliphatic carbocycles. The molecule has 1 saturated heterocycles. The predicted molar refractivity (Wildman–Crippen MR) is 68.6 cm³/mol. The van der Waals surface area contributed by atoms with E-state index in [-0.39, 0.29) is 0 Å².